The van der Waals surface area contributed by atoms with E-state index in [2.05, 4.69) is 23.4 Å². The van der Waals surface area contributed by atoms with Crippen LogP contribution in [0.4, 0.5) is 4.39 Å². The molecule has 1 aliphatic rings. The van der Waals surface area contributed by atoms with Gasteiger partial charge in [0, 0.05) is 24.4 Å². The Kier molecular flexibility index (Phi) is 3.96. The lowest BCUT2D eigenvalue weighted by Crippen LogP contribution is -2.24. The second kappa shape index (κ2) is 5.60. The molecule has 0 spiro atoms. The maximum absolute atomic E-state index is 13.4. The normalized spacial score (nSPS) is 19.2. The summed E-state index contributed by atoms with van der Waals surface area (Å²) in [6.07, 6.45) is 5.49. The van der Waals surface area contributed by atoms with E-state index in [1.807, 2.05) is 6.07 Å². The topological polar surface area (TPSA) is 17.8 Å². The Balaban J connectivity index is 2.01. The third kappa shape index (κ3) is 2.94. The molecule has 1 fully saturated rings. The Bertz CT molecular complexity index is 638. The molecule has 0 unspecified atom stereocenters. The maximum Gasteiger partial charge on any atom is 0.125 e. The number of fused-ring (bicyclic) bond motifs is 1. The van der Waals surface area contributed by atoms with E-state index in [4.69, 9.17) is 11.6 Å². The van der Waals surface area contributed by atoms with Crippen molar-refractivity contribution in [2.75, 3.05) is 5.88 Å². The number of imidazole rings is 1. The summed E-state index contributed by atoms with van der Waals surface area (Å²) in [6.45, 7) is 4.68. The summed E-state index contributed by atoms with van der Waals surface area (Å²) in [5.41, 5.74) is 2.23. The van der Waals surface area contributed by atoms with Crippen molar-refractivity contribution in [3.8, 4) is 0 Å². The van der Waals surface area contributed by atoms with Crippen molar-refractivity contribution < 1.29 is 4.39 Å². The molecule has 0 bridgehead atoms. The van der Waals surface area contributed by atoms with Crippen LogP contribution < -0.4 is 0 Å². The quantitative estimate of drug-likeness (QED) is 0.721. The lowest BCUT2D eigenvalue weighted by atomic mass is 9.75. The lowest BCUT2D eigenvalue weighted by molar-refractivity contribution is 0.194. The SMILES string of the molecule is CC1(C)CCC(n2c(CCCl)nc3cc(F)ccc32)CC1. The number of alkyl halides is 1. The third-order valence-corrected chi connectivity index (χ3v) is 4.91. The first-order chi connectivity index (χ1) is 10.00. The van der Waals surface area contributed by atoms with Crippen molar-refractivity contribution in [3.63, 3.8) is 0 Å². The average molecular weight is 309 g/mol. The number of halogens is 2. The van der Waals surface area contributed by atoms with E-state index >= 15 is 0 Å². The van der Waals surface area contributed by atoms with Gasteiger partial charge in [-0.15, -0.1) is 11.6 Å². The van der Waals surface area contributed by atoms with E-state index in [1.54, 1.807) is 0 Å². The summed E-state index contributed by atoms with van der Waals surface area (Å²) in [6, 6.07) is 5.37. The minimum absolute atomic E-state index is 0.227. The Hall–Kier alpha value is -1.09. The van der Waals surface area contributed by atoms with Gasteiger partial charge < -0.3 is 4.57 Å². The smallest absolute Gasteiger partial charge is 0.125 e. The lowest BCUT2D eigenvalue weighted by Gasteiger charge is -2.35. The number of nitrogens with zero attached hydrogens (tertiary/aromatic N) is 2. The maximum atomic E-state index is 13.4. The molecule has 4 heteroatoms. The molecule has 2 nitrogen and oxygen atoms in total. The molecule has 1 aromatic heterocycles. The number of hydrogen-bond donors (Lipinski definition) is 0. The van der Waals surface area contributed by atoms with E-state index in [1.165, 1.54) is 25.0 Å². The molecule has 1 aliphatic carbocycles. The molecule has 1 heterocycles. The summed E-state index contributed by atoms with van der Waals surface area (Å²) in [7, 11) is 0. The molecule has 21 heavy (non-hydrogen) atoms. The highest BCUT2D eigenvalue weighted by molar-refractivity contribution is 6.17. The highest BCUT2D eigenvalue weighted by Crippen LogP contribution is 2.41. The van der Waals surface area contributed by atoms with Crippen LogP contribution in [0, 0.1) is 11.2 Å². The second-order valence-electron chi connectivity index (χ2n) is 6.87. The van der Waals surface area contributed by atoms with Crippen LogP contribution in [-0.2, 0) is 6.42 Å². The van der Waals surface area contributed by atoms with Crippen LogP contribution in [0.2, 0.25) is 0 Å². The fraction of sp³-hybridized carbons (Fsp3) is 0.588. The molecule has 0 amide bonds. The van der Waals surface area contributed by atoms with E-state index in [9.17, 15) is 4.39 Å². The van der Waals surface area contributed by atoms with Crippen LogP contribution in [0.25, 0.3) is 11.0 Å². The van der Waals surface area contributed by atoms with Gasteiger partial charge in [0.25, 0.3) is 0 Å². The predicted molar refractivity (Wildman–Crippen MR) is 85.4 cm³/mol. The Morgan fingerprint density at radius 3 is 2.71 bits per heavy atom. The van der Waals surface area contributed by atoms with Crippen molar-refractivity contribution in [2.24, 2.45) is 5.41 Å². The van der Waals surface area contributed by atoms with Crippen molar-refractivity contribution in [1.29, 1.82) is 0 Å². The van der Waals surface area contributed by atoms with E-state index in [-0.39, 0.29) is 5.82 Å². The molecular formula is C17H22ClFN2. The molecule has 114 valence electrons. The van der Waals surface area contributed by atoms with Gasteiger partial charge in [-0.25, -0.2) is 9.37 Å². The van der Waals surface area contributed by atoms with Gasteiger partial charge in [-0.05, 0) is 43.2 Å². The number of aromatic nitrogens is 2. The molecular weight excluding hydrogens is 287 g/mol. The van der Waals surface area contributed by atoms with Gasteiger partial charge in [0.05, 0.1) is 11.0 Å². The number of rotatable bonds is 3. The highest BCUT2D eigenvalue weighted by atomic mass is 35.5. The minimum atomic E-state index is -0.227. The molecule has 2 aromatic rings. The zero-order valence-electron chi connectivity index (χ0n) is 12.7. The summed E-state index contributed by atoms with van der Waals surface area (Å²) in [5, 5.41) is 0. The van der Waals surface area contributed by atoms with Crippen LogP contribution in [-0.4, -0.2) is 15.4 Å². The zero-order valence-corrected chi connectivity index (χ0v) is 13.5. The van der Waals surface area contributed by atoms with Crippen LogP contribution in [0.1, 0.15) is 51.4 Å². The molecule has 1 saturated carbocycles. The molecule has 0 atom stereocenters. The molecule has 3 rings (SSSR count). The van der Waals surface area contributed by atoms with Gasteiger partial charge >= 0.3 is 0 Å². The number of benzene rings is 1. The minimum Gasteiger partial charge on any atom is -0.325 e. The molecule has 1 aromatic carbocycles. The summed E-state index contributed by atoms with van der Waals surface area (Å²) in [5.74, 6) is 1.31. The van der Waals surface area contributed by atoms with Crippen LogP contribution in [0.5, 0.6) is 0 Å². The Morgan fingerprint density at radius 2 is 2.05 bits per heavy atom. The summed E-state index contributed by atoms with van der Waals surface area (Å²) in [4.78, 5) is 4.61. The van der Waals surface area contributed by atoms with E-state index < -0.39 is 0 Å². The standard InChI is InChI=1S/C17H22ClFN2/c1-17(2)8-5-13(6-9-17)21-15-4-3-12(19)11-14(15)20-16(21)7-10-18/h3-4,11,13H,5-10H2,1-2H3. The van der Waals surface area contributed by atoms with Gasteiger partial charge in [0.15, 0.2) is 0 Å². The van der Waals surface area contributed by atoms with Gasteiger partial charge in [-0.1, -0.05) is 13.8 Å². The monoisotopic (exact) mass is 308 g/mol. The van der Waals surface area contributed by atoms with E-state index in [0.717, 1.165) is 36.1 Å². The van der Waals surface area contributed by atoms with Crippen molar-refractivity contribution in [1.82, 2.24) is 9.55 Å². The highest BCUT2D eigenvalue weighted by Gasteiger charge is 2.29. The Morgan fingerprint density at radius 1 is 1.33 bits per heavy atom. The van der Waals surface area contributed by atoms with Gasteiger partial charge in [0.2, 0.25) is 0 Å². The van der Waals surface area contributed by atoms with Gasteiger partial charge in [-0.3, -0.25) is 0 Å². The predicted octanol–water partition coefficient (Wildman–Crippen LogP) is 5.10. The fourth-order valence-electron chi connectivity index (χ4n) is 3.43. The van der Waals surface area contributed by atoms with Crippen molar-refractivity contribution in [2.45, 2.75) is 52.0 Å². The first kappa shape index (κ1) is 14.8. The van der Waals surface area contributed by atoms with Gasteiger partial charge in [-0.2, -0.15) is 0 Å². The largest absolute Gasteiger partial charge is 0.325 e. The Labute approximate surface area is 130 Å². The van der Waals surface area contributed by atoms with Crippen LogP contribution in [0.3, 0.4) is 0 Å². The molecule has 0 radical (unpaired) electrons. The van der Waals surface area contributed by atoms with Gasteiger partial charge in [0.1, 0.15) is 11.6 Å². The molecule has 0 N–H and O–H groups in total. The van der Waals surface area contributed by atoms with Crippen molar-refractivity contribution >= 4 is 22.6 Å². The summed E-state index contributed by atoms with van der Waals surface area (Å²) < 4.78 is 15.7. The first-order valence-electron chi connectivity index (χ1n) is 7.72. The first-order valence-corrected chi connectivity index (χ1v) is 8.26. The van der Waals surface area contributed by atoms with Crippen molar-refractivity contribution in [3.05, 3.63) is 29.8 Å². The molecule has 0 saturated heterocycles. The average Bonchev–Trinajstić information content (AvgIpc) is 2.76. The zero-order chi connectivity index (χ0) is 15.0. The van der Waals surface area contributed by atoms with Crippen LogP contribution >= 0.6 is 11.6 Å². The summed E-state index contributed by atoms with van der Waals surface area (Å²) >= 11 is 5.92. The fourth-order valence-corrected chi connectivity index (χ4v) is 3.60. The number of aryl methyl sites for hydroxylation is 1. The van der Waals surface area contributed by atoms with Crippen LogP contribution in [0.15, 0.2) is 18.2 Å². The van der Waals surface area contributed by atoms with E-state index in [0.29, 0.717) is 17.3 Å². The third-order valence-electron chi connectivity index (χ3n) is 4.72. The number of hydrogen-bond acceptors (Lipinski definition) is 1. The molecule has 0 aliphatic heterocycles. The second-order valence-corrected chi connectivity index (χ2v) is 7.24.